The Balaban J connectivity index is 1.86. The van der Waals surface area contributed by atoms with E-state index in [-0.39, 0.29) is 17.9 Å². The van der Waals surface area contributed by atoms with E-state index < -0.39 is 38.5 Å². The highest BCUT2D eigenvalue weighted by Crippen LogP contribution is 2.38. The van der Waals surface area contributed by atoms with Crippen molar-refractivity contribution in [3.05, 3.63) is 77.9 Å². The fraction of sp³-hybridized carbons (Fsp3) is 0.318. The molecule has 1 heterocycles. The summed E-state index contributed by atoms with van der Waals surface area (Å²) >= 11 is 1.17. The highest BCUT2D eigenvalue weighted by atomic mass is 32.2. The number of carbonyl (C=O) groups is 1. The largest absolute Gasteiger partial charge is 0.382 e. The summed E-state index contributed by atoms with van der Waals surface area (Å²) in [5.41, 5.74) is -1.45. The molecule has 4 atom stereocenters. The second-order valence-corrected chi connectivity index (χ2v) is 10.5. The van der Waals surface area contributed by atoms with E-state index in [1.807, 2.05) is 0 Å². The number of rotatable bonds is 9. The number of aliphatic hydroxyl groups is 1. The lowest BCUT2D eigenvalue weighted by Crippen LogP contribution is -2.42. The van der Waals surface area contributed by atoms with Gasteiger partial charge in [-0.25, -0.2) is 18.4 Å². The van der Waals surface area contributed by atoms with Crippen molar-refractivity contribution in [3.63, 3.8) is 0 Å². The second-order valence-electron chi connectivity index (χ2n) is 7.40. The van der Waals surface area contributed by atoms with E-state index in [0.29, 0.717) is 16.5 Å². The number of ketones is 1. The van der Waals surface area contributed by atoms with Gasteiger partial charge >= 0.3 is 0 Å². The Morgan fingerprint density at radius 3 is 2.47 bits per heavy atom. The zero-order chi connectivity index (χ0) is 23.5. The average molecular weight is 480 g/mol. The zero-order valence-corrected chi connectivity index (χ0v) is 19.4. The van der Waals surface area contributed by atoms with Crippen LogP contribution in [0.4, 0.5) is 8.78 Å². The minimum Gasteiger partial charge on any atom is -0.382 e. The van der Waals surface area contributed by atoms with Gasteiger partial charge in [-0.2, -0.15) is 5.10 Å². The molecule has 0 saturated heterocycles. The van der Waals surface area contributed by atoms with Crippen molar-refractivity contribution in [2.24, 2.45) is 0 Å². The SMILES string of the molecule is CC(S[C@H](C)[C@](O)(Cn1cncn1)c1ccc(F)cc1F)C(=O)c1ccc(S(C)=O)cc1. The quantitative estimate of drug-likeness (QED) is 0.473. The summed E-state index contributed by atoms with van der Waals surface area (Å²) in [6.45, 7) is 3.24. The molecule has 3 aromatic rings. The fourth-order valence-electron chi connectivity index (χ4n) is 3.36. The molecule has 0 amide bonds. The van der Waals surface area contributed by atoms with Crippen LogP contribution < -0.4 is 0 Å². The number of hydrogen-bond donors (Lipinski definition) is 1. The van der Waals surface area contributed by atoms with Crippen LogP contribution in [0, 0.1) is 11.6 Å². The number of halogens is 2. The summed E-state index contributed by atoms with van der Waals surface area (Å²) in [4.78, 5) is 17.4. The zero-order valence-electron chi connectivity index (χ0n) is 17.7. The molecule has 0 aliphatic heterocycles. The van der Waals surface area contributed by atoms with Gasteiger partial charge in [-0.05, 0) is 25.1 Å². The van der Waals surface area contributed by atoms with Crippen LogP contribution in [-0.2, 0) is 22.9 Å². The Morgan fingerprint density at radius 1 is 1.22 bits per heavy atom. The normalized spacial score (nSPS) is 16.2. The predicted molar refractivity (Wildman–Crippen MR) is 120 cm³/mol. The third-order valence-electron chi connectivity index (χ3n) is 5.19. The van der Waals surface area contributed by atoms with Gasteiger partial charge in [-0.3, -0.25) is 9.00 Å². The van der Waals surface area contributed by atoms with E-state index in [4.69, 9.17) is 0 Å². The highest BCUT2D eigenvalue weighted by molar-refractivity contribution is 8.01. The van der Waals surface area contributed by atoms with Gasteiger partial charge in [0, 0.05) is 44.4 Å². The van der Waals surface area contributed by atoms with Crippen LogP contribution >= 0.6 is 11.8 Å². The van der Waals surface area contributed by atoms with Crippen molar-refractivity contribution in [1.82, 2.24) is 14.8 Å². The first-order chi connectivity index (χ1) is 15.1. The molecule has 1 aromatic heterocycles. The number of carbonyl (C=O) groups excluding carboxylic acids is 1. The van der Waals surface area contributed by atoms with Gasteiger partial charge < -0.3 is 5.11 Å². The van der Waals surface area contributed by atoms with Gasteiger partial charge in [0.1, 0.15) is 29.9 Å². The van der Waals surface area contributed by atoms with Gasteiger partial charge in [0.05, 0.1) is 11.8 Å². The minimum atomic E-state index is -1.80. The molecular weight excluding hydrogens is 456 g/mol. The first-order valence-electron chi connectivity index (χ1n) is 9.75. The maximum Gasteiger partial charge on any atom is 0.175 e. The molecule has 1 N–H and O–H groups in total. The second kappa shape index (κ2) is 10.0. The Kier molecular flexibility index (Phi) is 7.58. The van der Waals surface area contributed by atoms with Crippen LogP contribution in [0.25, 0.3) is 0 Å². The minimum absolute atomic E-state index is 0.0937. The van der Waals surface area contributed by atoms with E-state index in [1.165, 1.54) is 35.2 Å². The predicted octanol–water partition coefficient (Wildman–Crippen LogP) is 3.57. The van der Waals surface area contributed by atoms with Crippen LogP contribution in [0.2, 0.25) is 0 Å². The lowest BCUT2D eigenvalue weighted by atomic mass is 9.90. The molecule has 0 spiro atoms. The summed E-state index contributed by atoms with van der Waals surface area (Å²) in [5, 5.41) is 14.3. The van der Waals surface area contributed by atoms with E-state index in [0.717, 1.165) is 6.07 Å². The molecule has 170 valence electrons. The average Bonchev–Trinajstić information content (AvgIpc) is 3.25. The standard InChI is InChI=1S/C22H23F2N3O3S2/c1-14(21(28)16-4-7-18(8-5-16)32(3)30)31-15(2)22(29,11-27-13-25-12-26-27)19-9-6-17(23)10-20(19)24/h4-10,12-15,29H,11H2,1-3H3/t14?,15-,22-,32?/m1/s1. The first-order valence-corrected chi connectivity index (χ1v) is 12.3. The smallest absolute Gasteiger partial charge is 0.175 e. The van der Waals surface area contributed by atoms with Crippen molar-refractivity contribution in [2.75, 3.05) is 6.26 Å². The van der Waals surface area contributed by atoms with Gasteiger partial charge in [0.25, 0.3) is 0 Å². The molecule has 0 aliphatic rings. The lowest BCUT2D eigenvalue weighted by Gasteiger charge is -2.35. The number of Topliss-reactive ketones (excluding diaryl/α,β-unsaturated/α-hetero) is 1. The number of aromatic nitrogens is 3. The summed E-state index contributed by atoms with van der Waals surface area (Å²) < 4.78 is 41.0. The topological polar surface area (TPSA) is 85.1 Å². The molecule has 0 bridgehead atoms. The summed E-state index contributed by atoms with van der Waals surface area (Å²) in [6, 6.07) is 9.50. The van der Waals surface area contributed by atoms with Crippen LogP contribution in [0.3, 0.4) is 0 Å². The molecule has 2 aromatic carbocycles. The lowest BCUT2D eigenvalue weighted by molar-refractivity contribution is 0.0132. The first kappa shape index (κ1) is 24.2. The maximum absolute atomic E-state index is 14.7. The molecule has 6 nitrogen and oxygen atoms in total. The number of hydrogen-bond acceptors (Lipinski definition) is 6. The van der Waals surface area contributed by atoms with Crippen molar-refractivity contribution >= 4 is 28.3 Å². The van der Waals surface area contributed by atoms with Crippen LogP contribution in [0.1, 0.15) is 29.8 Å². The third-order valence-corrected chi connectivity index (χ3v) is 7.54. The summed E-state index contributed by atoms with van der Waals surface area (Å²) in [7, 11) is -1.15. The summed E-state index contributed by atoms with van der Waals surface area (Å²) in [5.74, 6) is -1.82. The Morgan fingerprint density at radius 2 is 1.91 bits per heavy atom. The molecule has 10 heteroatoms. The van der Waals surface area contributed by atoms with Crippen molar-refractivity contribution < 1.29 is 22.9 Å². The van der Waals surface area contributed by atoms with Crippen molar-refractivity contribution in [3.8, 4) is 0 Å². The van der Waals surface area contributed by atoms with E-state index >= 15 is 0 Å². The molecule has 0 saturated carbocycles. The molecular formula is C22H23F2N3O3S2. The monoisotopic (exact) mass is 479 g/mol. The number of nitrogens with zero attached hydrogens (tertiary/aromatic N) is 3. The van der Waals surface area contributed by atoms with E-state index in [2.05, 4.69) is 10.1 Å². The Labute approximate surface area is 191 Å². The van der Waals surface area contributed by atoms with Crippen LogP contribution in [0.5, 0.6) is 0 Å². The van der Waals surface area contributed by atoms with Gasteiger partial charge in [-0.1, -0.05) is 25.1 Å². The molecule has 32 heavy (non-hydrogen) atoms. The number of thioether (sulfide) groups is 1. The highest BCUT2D eigenvalue weighted by Gasteiger charge is 2.41. The number of benzene rings is 2. The van der Waals surface area contributed by atoms with E-state index in [1.54, 1.807) is 44.4 Å². The van der Waals surface area contributed by atoms with Crippen molar-refractivity contribution in [2.45, 2.75) is 41.4 Å². The van der Waals surface area contributed by atoms with Gasteiger partial charge in [0.15, 0.2) is 5.78 Å². The molecule has 2 unspecified atom stereocenters. The van der Waals surface area contributed by atoms with Gasteiger partial charge in [0.2, 0.25) is 0 Å². The molecule has 3 rings (SSSR count). The molecule has 0 fully saturated rings. The molecule has 0 radical (unpaired) electrons. The van der Waals surface area contributed by atoms with E-state index in [9.17, 15) is 22.9 Å². The Bertz CT molecular complexity index is 1110. The van der Waals surface area contributed by atoms with Gasteiger partial charge in [-0.15, -0.1) is 11.8 Å². The van der Waals surface area contributed by atoms with Crippen LogP contribution in [-0.4, -0.2) is 46.6 Å². The third kappa shape index (κ3) is 5.31. The maximum atomic E-state index is 14.7. The van der Waals surface area contributed by atoms with Crippen molar-refractivity contribution in [1.29, 1.82) is 0 Å². The Hall–Kier alpha value is -2.43. The molecule has 0 aliphatic carbocycles. The van der Waals surface area contributed by atoms with Crippen LogP contribution in [0.15, 0.2) is 60.0 Å². The fourth-order valence-corrected chi connectivity index (χ4v) is 5.18. The summed E-state index contributed by atoms with van der Waals surface area (Å²) in [6.07, 6.45) is 4.23.